The molecule has 18 heavy (non-hydrogen) atoms. The molecule has 0 saturated carbocycles. The van der Waals surface area contributed by atoms with Crippen LogP contribution in [0.5, 0.6) is 0 Å². The fourth-order valence-corrected chi connectivity index (χ4v) is 2.73. The van der Waals surface area contributed by atoms with Gasteiger partial charge in [-0.15, -0.1) is 0 Å². The van der Waals surface area contributed by atoms with Crippen LogP contribution in [0.3, 0.4) is 0 Å². The highest BCUT2D eigenvalue weighted by atomic mass is 16.3. The van der Waals surface area contributed by atoms with Crippen LogP contribution in [-0.2, 0) is 6.42 Å². The number of hydrogen-bond acceptors (Lipinski definition) is 2. The normalized spacial score (nSPS) is 22.3. The van der Waals surface area contributed by atoms with Crippen molar-refractivity contribution in [1.29, 1.82) is 0 Å². The maximum Gasteiger partial charge on any atom is 0.0610 e. The van der Waals surface area contributed by atoms with Crippen LogP contribution in [0.1, 0.15) is 50.2 Å². The lowest BCUT2D eigenvalue weighted by atomic mass is 9.82. The smallest absolute Gasteiger partial charge is 0.0610 e. The molecule has 0 spiro atoms. The predicted molar refractivity (Wildman–Crippen MR) is 75.9 cm³/mol. The van der Waals surface area contributed by atoms with Gasteiger partial charge in [-0.25, -0.2) is 0 Å². The van der Waals surface area contributed by atoms with Gasteiger partial charge in [-0.2, -0.15) is 0 Å². The second kappa shape index (κ2) is 5.85. The van der Waals surface area contributed by atoms with Crippen molar-refractivity contribution < 1.29 is 5.11 Å². The summed E-state index contributed by atoms with van der Waals surface area (Å²) < 4.78 is 0. The molecule has 1 aliphatic rings. The summed E-state index contributed by atoms with van der Waals surface area (Å²) in [4.78, 5) is 0. The van der Waals surface area contributed by atoms with Gasteiger partial charge in [0.2, 0.25) is 0 Å². The Morgan fingerprint density at radius 2 is 2.17 bits per heavy atom. The van der Waals surface area contributed by atoms with Crippen molar-refractivity contribution in [3.05, 3.63) is 35.4 Å². The number of aliphatic hydroxyl groups excluding tert-OH is 1. The predicted octanol–water partition coefficient (Wildman–Crippen LogP) is 2.86. The van der Waals surface area contributed by atoms with E-state index in [9.17, 15) is 5.11 Å². The number of aryl methyl sites for hydroxylation is 1. The standard InChI is InChI=1S/C16H25NO/c1-3-16(2,12-18)17-11-14-9-6-8-13-7-4-5-10-15(13)14/h4-5,7,10,14,17-18H,3,6,8-9,11-12H2,1-2H3. The Morgan fingerprint density at radius 1 is 1.39 bits per heavy atom. The van der Waals surface area contributed by atoms with Gasteiger partial charge in [0.05, 0.1) is 6.61 Å². The monoisotopic (exact) mass is 247 g/mol. The van der Waals surface area contributed by atoms with Crippen molar-refractivity contribution >= 4 is 0 Å². The van der Waals surface area contributed by atoms with E-state index in [1.807, 2.05) is 0 Å². The van der Waals surface area contributed by atoms with E-state index in [1.54, 1.807) is 0 Å². The van der Waals surface area contributed by atoms with Crippen LogP contribution >= 0.6 is 0 Å². The van der Waals surface area contributed by atoms with E-state index in [4.69, 9.17) is 0 Å². The van der Waals surface area contributed by atoms with Gasteiger partial charge in [0.25, 0.3) is 0 Å². The molecule has 0 fully saturated rings. The molecule has 0 bridgehead atoms. The summed E-state index contributed by atoms with van der Waals surface area (Å²) in [6, 6.07) is 8.80. The Kier molecular flexibility index (Phi) is 4.41. The van der Waals surface area contributed by atoms with Crippen LogP contribution in [0, 0.1) is 0 Å². The maximum atomic E-state index is 9.45. The third-order valence-corrected chi connectivity index (χ3v) is 4.40. The Labute approximate surface area is 110 Å². The first-order valence-corrected chi connectivity index (χ1v) is 7.12. The Morgan fingerprint density at radius 3 is 2.89 bits per heavy atom. The molecule has 1 aliphatic carbocycles. The van der Waals surface area contributed by atoms with Crippen molar-refractivity contribution in [2.24, 2.45) is 0 Å². The van der Waals surface area contributed by atoms with Crippen LogP contribution in [0.25, 0.3) is 0 Å². The minimum absolute atomic E-state index is 0.133. The Balaban J connectivity index is 2.03. The van der Waals surface area contributed by atoms with Gasteiger partial charge in [0.1, 0.15) is 0 Å². The Bertz CT molecular complexity index is 384. The highest BCUT2D eigenvalue weighted by Crippen LogP contribution is 2.31. The van der Waals surface area contributed by atoms with Gasteiger partial charge in [-0.05, 0) is 49.7 Å². The fraction of sp³-hybridized carbons (Fsp3) is 0.625. The van der Waals surface area contributed by atoms with Gasteiger partial charge < -0.3 is 10.4 Å². The van der Waals surface area contributed by atoms with E-state index in [0.29, 0.717) is 5.92 Å². The minimum Gasteiger partial charge on any atom is -0.394 e. The van der Waals surface area contributed by atoms with E-state index in [1.165, 1.54) is 30.4 Å². The zero-order chi connectivity index (χ0) is 13.0. The lowest BCUT2D eigenvalue weighted by Crippen LogP contribution is -2.47. The fourth-order valence-electron chi connectivity index (χ4n) is 2.73. The van der Waals surface area contributed by atoms with Crippen molar-refractivity contribution in [3.8, 4) is 0 Å². The zero-order valence-corrected chi connectivity index (χ0v) is 11.6. The molecule has 2 atom stereocenters. The van der Waals surface area contributed by atoms with Gasteiger partial charge in [0, 0.05) is 12.1 Å². The molecule has 2 N–H and O–H groups in total. The molecular formula is C16H25NO. The van der Waals surface area contributed by atoms with E-state index < -0.39 is 0 Å². The van der Waals surface area contributed by atoms with Crippen LogP contribution < -0.4 is 5.32 Å². The van der Waals surface area contributed by atoms with Crippen molar-refractivity contribution in [2.45, 2.75) is 51.0 Å². The zero-order valence-electron chi connectivity index (χ0n) is 11.6. The highest BCUT2D eigenvalue weighted by molar-refractivity contribution is 5.32. The summed E-state index contributed by atoms with van der Waals surface area (Å²) in [5.41, 5.74) is 2.89. The summed E-state index contributed by atoms with van der Waals surface area (Å²) in [7, 11) is 0. The number of aliphatic hydroxyl groups is 1. The van der Waals surface area contributed by atoms with Crippen LogP contribution in [-0.4, -0.2) is 23.8 Å². The second-order valence-corrected chi connectivity index (χ2v) is 5.74. The second-order valence-electron chi connectivity index (χ2n) is 5.74. The molecule has 2 nitrogen and oxygen atoms in total. The number of nitrogens with one attached hydrogen (secondary N) is 1. The van der Waals surface area contributed by atoms with Gasteiger partial charge in [-0.1, -0.05) is 31.2 Å². The number of benzene rings is 1. The van der Waals surface area contributed by atoms with E-state index in [2.05, 4.69) is 43.4 Å². The molecule has 2 heteroatoms. The van der Waals surface area contributed by atoms with Crippen LogP contribution in [0.15, 0.2) is 24.3 Å². The summed E-state index contributed by atoms with van der Waals surface area (Å²) >= 11 is 0. The third-order valence-electron chi connectivity index (χ3n) is 4.40. The van der Waals surface area contributed by atoms with E-state index >= 15 is 0 Å². The number of hydrogen-bond donors (Lipinski definition) is 2. The Hall–Kier alpha value is -0.860. The average molecular weight is 247 g/mol. The summed E-state index contributed by atoms with van der Waals surface area (Å²) in [6.07, 6.45) is 4.72. The topological polar surface area (TPSA) is 32.3 Å². The molecule has 0 saturated heterocycles. The molecule has 1 aromatic carbocycles. The minimum atomic E-state index is -0.133. The molecule has 0 heterocycles. The molecule has 1 aromatic rings. The third kappa shape index (κ3) is 2.93. The maximum absolute atomic E-state index is 9.45. The van der Waals surface area contributed by atoms with E-state index in [0.717, 1.165) is 13.0 Å². The summed E-state index contributed by atoms with van der Waals surface area (Å²) in [5, 5.41) is 13.0. The quantitative estimate of drug-likeness (QED) is 0.838. The van der Waals surface area contributed by atoms with Gasteiger partial charge >= 0.3 is 0 Å². The molecule has 100 valence electrons. The van der Waals surface area contributed by atoms with Crippen LogP contribution in [0.4, 0.5) is 0 Å². The first-order valence-electron chi connectivity index (χ1n) is 7.12. The van der Waals surface area contributed by atoms with Crippen molar-refractivity contribution in [1.82, 2.24) is 5.32 Å². The largest absolute Gasteiger partial charge is 0.394 e. The van der Waals surface area contributed by atoms with Gasteiger partial charge in [0.15, 0.2) is 0 Å². The lowest BCUT2D eigenvalue weighted by molar-refractivity contribution is 0.167. The molecule has 0 aromatic heterocycles. The van der Waals surface area contributed by atoms with Gasteiger partial charge in [-0.3, -0.25) is 0 Å². The first kappa shape index (κ1) is 13.6. The van der Waals surface area contributed by atoms with Crippen LogP contribution in [0.2, 0.25) is 0 Å². The lowest BCUT2D eigenvalue weighted by Gasteiger charge is -2.32. The molecule has 2 unspecified atom stereocenters. The molecular weight excluding hydrogens is 222 g/mol. The van der Waals surface area contributed by atoms with E-state index in [-0.39, 0.29) is 12.1 Å². The van der Waals surface area contributed by atoms with Crippen molar-refractivity contribution in [2.75, 3.05) is 13.2 Å². The SMILES string of the molecule is CCC(C)(CO)NCC1CCCc2ccccc21. The number of fused-ring (bicyclic) bond motifs is 1. The van der Waals surface area contributed by atoms with Crippen molar-refractivity contribution in [3.63, 3.8) is 0 Å². The summed E-state index contributed by atoms with van der Waals surface area (Å²) in [5.74, 6) is 0.604. The molecule has 0 aliphatic heterocycles. The molecule has 0 radical (unpaired) electrons. The molecule has 2 rings (SSSR count). The average Bonchev–Trinajstić information content (AvgIpc) is 2.44. The first-order chi connectivity index (χ1) is 8.68. The molecule has 0 amide bonds. The highest BCUT2D eigenvalue weighted by Gasteiger charge is 2.24. The number of rotatable bonds is 5. The summed E-state index contributed by atoms with van der Waals surface area (Å²) in [6.45, 7) is 5.40.